The Morgan fingerprint density at radius 3 is 2.25 bits per heavy atom. The van der Waals surface area contributed by atoms with Crippen molar-refractivity contribution in [3.8, 4) is 0 Å². The SMILES string of the molecule is CC(O)CO.NC(=O)C(N)c1ccc(SC2CC2)cc1. The molecule has 20 heavy (non-hydrogen) atoms. The van der Waals surface area contributed by atoms with Crippen LogP contribution in [0.1, 0.15) is 31.4 Å². The maximum absolute atomic E-state index is 10.9. The van der Waals surface area contributed by atoms with Crippen molar-refractivity contribution in [2.24, 2.45) is 11.5 Å². The lowest BCUT2D eigenvalue weighted by Crippen LogP contribution is -2.28. The summed E-state index contributed by atoms with van der Waals surface area (Å²) in [7, 11) is 0. The van der Waals surface area contributed by atoms with Crippen LogP contribution in [0, 0.1) is 0 Å². The first kappa shape index (κ1) is 17.0. The molecule has 112 valence electrons. The standard InChI is InChI=1S/C11H14N2OS.C3H8O2/c12-10(11(13)14)7-1-3-8(4-2-7)15-9-5-6-9;1-3(5)2-4/h1-4,9-10H,5-6,12H2,(H2,13,14);3-5H,2H2,1H3. The van der Waals surface area contributed by atoms with E-state index < -0.39 is 18.1 Å². The Hall–Kier alpha value is -1.08. The molecule has 1 amide bonds. The molecule has 0 saturated heterocycles. The second-order valence-electron chi connectivity index (χ2n) is 4.80. The lowest BCUT2D eigenvalue weighted by molar-refractivity contribution is -0.119. The van der Waals surface area contributed by atoms with E-state index in [0.717, 1.165) is 10.8 Å². The molecule has 1 fully saturated rings. The number of benzene rings is 1. The van der Waals surface area contributed by atoms with Crippen LogP contribution < -0.4 is 11.5 Å². The summed E-state index contributed by atoms with van der Waals surface area (Å²) in [6.45, 7) is 1.39. The zero-order valence-electron chi connectivity index (χ0n) is 11.5. The van der Waals surface area contributed by atoms with Gasteiger partial charge in [-0.2, -0.15) is 0 Å². The summed E-state index contributed by atoms with van der Waals surface area (Å²) in [5, 5.41) is 16.8. The normalized spacial score (nSPS) is 16.8. The second-order valence-corrected chi connectivity index (χ2v) is 6.17. The highest BCUT2D eigenvalue weighted by atomic mass is 32.2. The third-order valence-corrected chi connectivity index (χ3v) is 3.99. The van der Waals surface area contributed by atoms with Gasteiger partial charge in [0.05, 0.1) is 12.7 Å². The highest BCUT2D eigenvalue weighted by Crippen LogP contribution is 2.39. The van der Waals surface area contributed by atoms with E-state index in [1.807, 2.05) is 36.0 Å². The van der Waals surface area contributed by atoms with E-state index in [1.165, 1.54) is 24.7 Å². The minimum Gasteiger partial charge on any atom is -0.394 e. The molecule has 0 heterocycles. The monoisotopic (exact) mass is 298 g/mol. The Morgan fingerprint density at radius 1 is 1.40 bits per heavy atom. The molecule has 0 aliphatic heterocycles. The van der Waals surface area contributed by atoms with E-state index in [0.29, 0.717) is 0 Å². The summed E-state index contributed by atoms with van der Waals surface area (Å²) in [4.78, 5) is 12.1. The Morgan fingerprint density at radius 2 is 1.90 bits per heavy atom. The van der Waals surface area contributed by atoms with Crippen molar-refractivity contribution in [2.45, 2.75) is 42.1 Å². The topological polar surface area (TPSA) is 110 Å². The number of nitrogens with two attached hydrogens (primary N) is 2. The third kappa shape index (κ3) is 6.38. The van der Waals surface area contributed by atoms with Gasteiger partial charge in [0.1, 0.15) is 6.04 Å². The van der Waals surface area contributed by atoms with E-state index in [-0.39, 0.29) is 6.61 Å². The minimum atomic E-state index is -0.690. The van der Waals surface area contributed by atoms with Gasteiger partial charge < -0.3 is 21.7 Å². The van der Waals surface area contributed by atoms with E-state index >= 15 is 0 Å². The summed E-state index contributed by atoms with van der Waals surface area (Å²) >= 11 is 1.88. The van der Waals surface area contributed by atoms with Crippen molar-refractivity contribution in [1.29, 1.82) is 0 Å². The van der Waals surface area contributed by atoms with Gasteiger partial charge in [-0.1, -0.05) is 12.1 Å². The van der Waals surface area contributed by atoms with Crippen LogP contribution in [0.5, 0.6) is 0 Å². The molecular formula is C14H22N2O3S. The number of primary amides is 1. The molecule has 0 spiro atoms. The lowest BCUT2D eigenvalue weighted by atomic mass is 10.1. The van der Waals surface area contributed by atoms with Gasteiger partial charge in [-0.25, -0.2) is 0 Å². The van der Waals surface area contributed by atoms with Crippen LogP contribution in [0.3, 0.4) is 0 Å². The van der Waals surface area contributed by atoms with Gasteiger partial charge in [0.2, 0.25) is 5.91 Å². The molecule has 6 heteroatoms. The van der Waals surface area contributed by atoms with Crippen LogP contribution in [0.4, 0.5) is 0 Å². The van der Waals surface area contributed by atoms with Gasteiger partial charge in [0.15, 0.2) is 0 Å². The van der Waals surface area contributed by atoms with Crippen molar-refractivity contribution in [3.05, 3.63) is 29.8 Å². The molecule has 1 aliphatic carbocycles. The maximum atomic E-state index is 10.9. The molecule has 2 rings (SSSR count). The van der Waals surface area contributed by atoms with E-state index in [4.69, 9.17) is 21.7 Å². The molecule has 1 aromatic rings. The molecule has 2 atom stereocenters. The molecular weight excluding hydrogens is 276 g/mol. The van der Waals surface area contributed by atoms with Crippen molar-refractivity contribution in [1.82, 2.24) is 0 Å². The predicted molar refractivity (Wildman–Crippen MR) is 80.2 cm³/mol. The van der Waals surface area contributed by atoms with Crippen LogP contribution in [-0.2, 0) is 4.79 Å². The van der Waals surface area contributed by atoms with Crippen LogP contribution in [0.25, 0.3) is 0 Å². The molecule has 5 nitrogen and oxygen atoms in total. The molecule has 0 bridgehead atoms. The van der Waals surface area contributed by atoms with Crippen LogP contribution in [-0.4, -0.2) is 34.1 Å². The van der Waals surface area contributed by atoms with Gasteiger partial charge in [-0.15, -0.1) is 11.8 Å². The summed E-state index contributed by atoms with van der Waals surface area (Å²) < 4.78 is 0. The zero-order chi connectivity index (χ0) is 15.1. The molecule has 0 radical (unpaired) electrons. The second kappa shape index (κ2) is 8.26. The number of aliphatic hydroxyl groups is 2. The Bertz CT molecular complexity index is 419. The van der Waals surface area contributed by atoms with E-state index in [9.17, 15) is 4.79 Å². The van der Waals surface area contributed by atoms with Crippen molar-refractivity contribution in [3.63, 3.8) is 0 Å². The average Bonchev–Trinajstić information content (AvgIpc) is 3.23. The van der Waals surface area contributed by atoms with Crippen LogP contribution in [0.2, 0.25) is 0 Å². The fourth-order valence-electron chi connectivity index (χ4n) is 1.30. The lowest BCUT2D eigenvalue weighted by Gasteiger charge is -2.08. The number of rotatable bonds is 5. The Kier molecular flexibility index (Phi) is 7.01. The van der Waals surface area contributed by atoms with E-state index in [1.54, 1.807) is 0 Å². The summed E-state index contributed by atoms with van der Waals surface area (Å²) in [5.74, 6) is -0.488. The van der Waals surface area contributed by atoms with Crippen LogP contribution >= 0.6 is 11.8 Å². The molecule has 1 saturated carbocycles. The van der Waals surface area contributed by atoms with Gasteiger partial charge in [-0.05, 0) is 37.5 Å². The zero-order valence-corrected chi connectivity index (χ0v) is 12.3. The third-order valence-electron chi connectivity index (χ3n) is 2.64. The molecule has 1 aromatic carbocycles. The van der Waals surface area contributed by atoms with Crippen molar-refractivity contribution >= 4 is 17.7 Å². The first-order chi connectivity index (χ1) is 9.43. The Labute approximate surface area is 123 Å². The van der Waals surface area contributed by atoms with Crippen LogP contribution in [0.15, 0.2) is 29.2 Å². The average molecular weight is 298 g/mol. The van der Waals surface area contributed by atoms with Crippen molar-refractivity contribution in [2.75, 3.05) is 6.61 Å². The quantitative estimate of drug-likeness (QED) is 0.642. The minimum absolute atomic E-state index is 0.139. The highest BCUT2D eigenvalue weighted by Gasteiger charge is 2.22. The fraction of sp³-hybridized carbons (Fsp3) is 0.500. The Balaban J connectivity index is 0.000000347. The fourth-order valence-corrected chi connectivity index (χ4v) is 2.35. The van der Waals surface area contributed by atoms with Gasteiger partial charge in [0, 0.05) is 10.1 Å². The summed E-state index contributed by atoms with van der Waals surface area (Å²) in [6.07, 6.45) is 2.07. The molecule has 1 aliphatic rings. The summed E-state index contributed by atoms with van der Waals surface area (Å²) in [6, 6.07) is 7.06. The smallest absolute Gasteiger partial charge is 0.238 e. The highest BCUT2D eigenvalue weighted by molar-refractivity contribution is 8.00. The van der Waals surface area contributed by atoms with Gasteiger partial charge in [0.25, 0.3) is 0 Å². The molecule has 6 N–H and O–H groups in total. The molecule has 0 aromatic heterocycles. The number of hydrogen-bond acceptors (Lipinski definition) is 5. The van der Waals surface area contributed by atoms with Gasteiger partial charge in [-0.3, -0.25) is 4.79 Å². The van der Waals surface area contributed by atoms with E-state index in [2.05, 4.69) is 0 Å². The predicted octanol–water partition coefficient (Wildman–Crippen LogP) is 0.786. The number of carbonyl (C=O) groups excluding carboxylic acids is 1. The first-order valence-corrected chi connectivity index (χ1v) is 7.42. The number of carbonyl (C=O) groups is 1. The first-order valence-electron chi connectivity index (χ1n) is 6.54. The number of aliphatic hydroxyl groups excluding tert-OH is 2. The summed E-state index contributed by atoms with van der Waals surface area (Å²) in [5.41, 5.74) is 11.5. The van der Waals surface area contributed by atoms with Gasteiger partial charge >= 0.3 is 0 Å². The molecule has 2 unspecified atom stereocenters. The van der Waals surface area contributed by atoms with Crippen molar-refractivity contribution < 1.29 is 15.0 Å². The number of amides is 1. The number of hydrogen-bond donors (Lipinski definition) is 4. The maximum Gasteiger partial charge on any atom is 0.238 e. The largest absolute Gasteiger partial charge is 0.394 e. The number of thioether (sulfide) groups is 1.